The molecule has 31 heavy (non-hydrogen) atoms. The monoisotopic (exact) mass is 410 g/mol. The molecule has 5 rings (SSSR count). The average molecular weight is 411 g/mol. The van der Waals surface area contributed by atoms with Crippen LogP contribution in [0.4, 0.5) is 5.69 Å². The van der Waals surface area contributed by atoms with Gasteiger partial charge in [-0.2, -0.15) is 0 Å². The average Bonchev–Trinajstić information content (AvgIpc) is 3.23. The van der Waals surface area contributed by atoms with Crippen LogP contribution in [0.15, 0.2) is 78.9 Å². The van der Waals surface area contributed by atoms with E-state index >= 15 is 0 Å². The Morgan fingerprint density at radius 3 is 2.26 bits per heavy atom. The lowest BCUT2D eigenvalue weighted by Gasteiger charge is -2.32. The summed E-state index contributed by atoms with van der Waals surface area (Å²) in [6, 6.07) is 27.6. The van der Waals surface area contributed by atoms with Crippen molar-refractivity contribution in [2.24, 2.45) is 5.92 Å². The van der Waals surface area contributed by atoms with Crippen LogP contribution in [0.25, 0.3) is 0 Å². The Balaban J connectivity index is 1.16. The molecule has 1 amide bonds. The van der Waals surface area contributed by atoms with Gasteiger partial charge in [0.2, 0.25) is 0 Å². The van der Waals surface area contributed by atoms with Crippen LogP contribution in [0.1, 0.15) is 39.9 Å². The quantitative estimate of drug-likeness (QED) is 0.566. The number of anilines is 1. The maximum atomic E-state index is 13.0. The van der Waals surface area contributed by atoms with Crippen LogP contribution in [0.5, 0.6) is 0 Å². The number of hydrogen-bond acceptors (Lipinski definition) is 2. The van der Waals surface area contributed by atoms with E-state index in [0.717, 1.165) is 57.4 Å². The minimum Gasteiger partial charge on any atom is -0.367 e. The van der Waals surface area contributed by atoms with Gasteiger partial charge in [-0.15, -0.1) is 0 Å². The van der Waals surface area contributed by atoms with E-state index in [1.165, 1.54) is 22.4 Å². The number of rotatable bonds is 5. The SMILES string of the molecule is O=C(c1ccc(CN2CCc3ccccc32)cc1)N1CCC(Cc2ccccc2)CC1. The lowest BCUT2D eigenvalue weighted by Crippen LogP contribution is -2.38. The molecular formula is C28H30N2O. The van der Waals surface area contributed by atoms with E-state index in [2.05, 4.69) is 71.6 Å². The molecule has 3 aromatic carbocycles. The van der Waals surface area contributed by atoms with Crippen molar-refractivity contribution in [1.29, 1.82) is 0 Å². The fourth-order valence-corrected chi connectivity index (χ4v) is 5.01. The van der Waals surface area contributed by atoms with Gasteiger partial charge in [-0.05, 0) is 66.5 Å². The molecule has 0 radical (unpaired) electrons. The van der Waals surface area contributed by atoms with Gasteiger partial charge in [-0.1, -0.05) is 60.7 Å². The number of carbonyl (C=O) groups excluding carboxylic acids is 1. The zero-order chi connectivity index (χ0) is 21.0. The molecule has 2 aliphatic heterocycles. The van der Waals surface area contributed by atoms with Crippen LogP contribution in [0, 0.1) is 5.92 Å². The molecule has 0 atom stereocenters. The van der Waals surface area contributed by atoms with Gasteiger partial charge in [0.15, 0.2) is 0 Å². The number of hydrogen-bond donors (Lipinski definition) is 0. The van der Waals surface area contributed by atoms with Crippen molar-refractivity contribution in [3.63, 3.8) is 0 Å². The number of likely N-dealkylation sites (tertiary alicyclic amines) is 1. The van der Waals surface area contributed by atoms with Crippen LogP contribution < -0.4 is 4.90 Å². The first kappa shape index (κ1) is 19.9. The molecule has 1 saturated heterocycles. The highest BCUT2D eigenvalue weighted by atomic mass is 16.2. The molecule has 0 spiro atoms. The molecule has 0 N–H and O–H groups in total. The molecular weight excluding hydrogens is 380 g/mol. The number of para-hydroxylation sites is 1. The van der Waals surface area contributed by atoms with Crippen LogP contribution >= 0.6 is 0 Å². The number of carbonyl (C=O) groups is 1. The number of benzene rings is 3. The molecule has 2 aliphatic rings. The number of nitrogens with zero attached hydrogens (tertiary/aromatic N) is 2. The van der Waals surface area contributed by atoms with E-state index in [9.17, 15) is 4.79 Å². The molecule has 2 heterocycles. The van der Waals surface area contributed by atoms with Crippen LogP contribution in [0.3, 0.4) is 0 Å². The molecule has 0 aromatic heterocycles. The maximum Gasteiger partial charge on any atom is 0.253 e. The normalized spacial score (nSPS) is 16.4. The zero-order valence-corrected chi connectivity index (χ0v) is 18.0. The Bertz CT molecular complexity index is 1020. The summed E-state index contributed by atoms with van der Waals surface area (Å²) < 4.78 is 0. The van der Waals surface area contributed by atoms with E-state index in [0.29, 0.717) is 5.92 Å². The Labute approximate surface area is 185 Å². The van der Waals surface area contributed by atoms with Crippen molar-refractivity contribution >= 4 is 11.6 Å². The molecule has 1 fully saturated rings. The Morgan fingerprint density at radius 2 is 1.48 bits per heavy atom. The van der Waals surface area contributed by atoms with E-state index in [-0.39, 0.29) is 5.91 Å². The molecule has 3 aromatic rings. The van der Waals surface area contributed by atoms with Crippen LogP contribution in [-0.2, 0) is 19.4 Å². The summed E-state index contributed by atoms with van der Waals surface area (Å²) in [7, 11) is 0. The third kappa shape index (κ3) is 4.51. The largest absolute Gasteiger partial charge is 0.367 e. The van der Waals surface area contributed by atoms with Gasteiger partial charge in [0, 0.05) is 37.4 Å². The number of fused-ring (bicyclic) bond motifs is 1. The third-order valence-corrected chi connectivity index (χ3v) is 6.83. The molecule has 0 unspecified atom stereocenters. The summed E-state index contributed by atoms with van der Waals surface area (Å²) in [6.45, 7) is 3.69. The predicted molar refractivity (Wildman–Crippen MR) is 126 cm³/mol. The van der Waals surface area contributed by atoms with Crippen molar-refractivity contribution in [2.75, 3.05) is 24.5 Å². The molecule has 158 valence electrons. The van der Waals surface area contributed by atoms with Gasteiger partial charge < -0.3 is 9.80 Å². The van der Waals surface area contributed by atoms with Crippen molar-refractivity contribution in [3.05, 3.63) is 101 Å². The highest BCUT2D eigenvalue weighted by Crippen LogP contribution is 2.29. The van der Waals surface area contributed by atoms with Crippen molar-refractivity contribution in [3.8, 4) is 0 Å². The lowest BCUT2D eigenvalue weighted by molar-refractivity contribution is 0.0690. The summed E-state index contributed by atoms with van der Waals surface area (Å²) in [5.74, 6) is 0.855. The molecule has 0 bridgehead atoms. The lowest BCUT2D eigenvalue weighted by atomic mass is 9.90. The first-order valence-electron chi connectivity index (χ1n) is 11.5. The highest BCUT2D eigenvalue weighted by molar-refractivity contribution is 5.94. The first-order chi connectivity index (χ1) is 15.3. The highest BCUT2D eigenvalue weighted by Gasteiger charge is 2.24. The Morgan fingerprint density at radius 1 is 0.774 bits per heavy atom. The van der Waals surface area contributed by atoms with Gasteiger partial charge in [0.05, 0.1) is 0 Å². The summed E-state index contributed by atoms with van der Waals surface area (Å²) in [5.41, 5.74) is 6.26. The first-order valence-corrected chi connectivity index (χ1v) is 11.5. The topological polar surface area (TPSA) is 23.6 Å². The van der Waals surface area contributed by atoms with Crippen molar-refractivity contribution in [2.45, 2.75) is 32.2 Å². The van der Waals surface area contributed by atoms with Crippen LogP contribution in [-0.4, -0.2) is 30.4 Å². The Hall–Kier alpha value is -3.07. The second-order valence-electron chi connectivity index (χ2n) is 8.92. The fourth-order valence-electron chi connectivity index (χ4n) is 5.01. The van der Waals surface area contributed by atoms with Gasteiger partial charge in [-0.3, -0.25) is 4.79 Å². The summed E-state index contributed by atoms with van der Waals surface area (Å²) in [5, 5.41) is 0. The number of piperidine rings is 1. The van der Waals surface area contributed by atoms with Gasteiger partial charge >= 0.3 is 0 Å². The standard InChI is InChI=1S/C28H30N2O/c31-28(29-17-14-23(15-18-29)20-22-6-2-1-3-7-22)26-12-10-24(11-13-26)21-30-19-16-25-8-4-5-9-27(25)30/h1-13,23H,14-21H2. The van der Waals surface area contributed by atoms with Crippen LogP contribution in [0.2, 0.25) is 0 Å². The second-order valence-corrected chi connectivity index (χ2v) is 8.92. The minimum atomic E-state index is 0.177. The summed E-state index contributed by atoms with van der Waals surface area (Å²) in [6.07, 6.45) is 4.42. The smallest absolute Gasteiger partial charge is 0.253 e. The summed E-state index contributed by atoms with van der Waals surface area (Å²) in [4.78, 5) is 17.5. The molecule has 0 saturated carbocycles. The predicted octanol–water partition coefficient (Wildman–Crippen LogP) is 5.34. The second kappa shape index (κ2) is 8.97. The van der Waals surface area contributed by atoms with Gasteiger partial charge in [-0.25, -0.2) is 0 Å². The van der Waals surface area contributed by atoms with E-state index < -0.39 is 0 Å². The van der Waals surface area contributed by atoms with Crippen molar-refractivity contribution in [1.82, 2.24) is 4.90 Å². The van der Waals surface area contributed by atoms with E-state index in [1.54, 1.807) is 0 Å². The molecule has 3 nitrogen and oxygen atoms in total. The van der Waals surface area contributed by atoms with Gasteiger partial charge in [0.25, 0.3) is 5.91 Å². The van der Waals surface area contributed by atoms with E-state index in [1.807, 2.05) is 17.0 Å². The minimum absolute atomic E-state index is 0.177. The third-order valence-electron chi connectivity index (χ3n) is 6.83. The van der Waals surface area contributed by atoms with E-state index in [4.69, 9.17) is 0 Å². The maximum absolute atomic E-state index is 13.0. The number of amides is 1. The summed E-state index contributed by atoms with van der Waals surface area (Å²) >= 11 is 0. The Kier molecular flexibility index (Phi) is 5.75. The molecule has 3 heteroatoms. The molecule has 0 aliphatic carbocycles. The zero-order valence-electron chi connectivity index (χ0n) is 18.0. The van der Waals surface area contributed by atoms with Gasteiger partial charge in [0.1, 0.15) is 0 Å². The fraction of sp³-hybridized carbons (Fsp3) is 0.321. The van der Waals surface area contributed by atoms with Crippen molar-refractivity contribution < 1.29 is 4.79 Å².